The van der Waals surface area contributed by atoms with Crippen molar-refractivity contribution in [2.24, 2.45) is 5.92 Å². The second kappa shape index (κ2) is 11.4. The molecule has 206 valence electrons. The molecule has 0 saturated carbocycles. The van der Waals surface area contributed by atoms with Gasteiger partial charge < -0.3 is 14.4 Å². The van der Waals surface area contributed by atoms with E-state index in [2.05, 4.69) is 63.7 Å². The molecule has 0 spiro atoms. The number of para-hydroxylation sites is 2. The lowest BCUT2D eigenvalue weighted by Gasteiger charge is -2.20. The number of fused-ring (bicyclic) bond motifs is 1. The number of esters is 1. The summed E-state index contributed by atoms with van der Waals surface area (Å²) in [7, 11) is 0. The minimum Gasteiger partial charge on any atom is -0.492 e. The van der Waals surface area contributed by atoms with Crippen LogP contribution in [0.5, 0.6) is 11.5 Å². The lowest BCUT2D eigenvalue weighted by molar-refractivity contribution is -0.139. The first kappa shape index (κ1) is 29.0. The molecule has 2 aliphatic heterocycles. The summed E-state index contributed by atoms with van der Waals surface area (Å²) in [4.78, 5) is 55.2. The van der Waals surface area contributed by atoms with Crippen LogP contribution in [-0.4, -0.2) is 36.8 Å². The summed E-state index contributed by atoms with van der Waals surface area (Å²) >= 11 is 13.7. The van der Waals surface area contributed by atoms with E-state index in [1.165, 1.54) is 6.07 Å². The average Bonchev–Trinajstić information content (AvgIpc) is 3.44. The van der Waals surface area contributed by atoms with Crippen molar-refractivity contribution in [1.82, 2.24) is 0 Å². The van der Waals surface area contributed by atoms with Gasteiger partial charge in [0.25, 0.3) is 11.8 Å². The van der Waals surface area contributed by atoms with Gasteiger partial charge in [0.05, 0.1) is 35.0 Å². The Morgan fingerprint density at radius 3 is 2.12 bits per heavy atom. The van der Waals surface area contributed by atoms with Crippen molar-refractivity contribution in [2.45, 2.75) is 20.3 Å². The van der Waals surface area contributed by atoms with Crippen LogP contribution in [0.4, 0.5) is 11.4 Å². The minimum atomic E-state index is -0.662. The van der Waals surface area contributed by atoms with Crippen LogP contribution in [0.2, 0.25) is 0 Å². The maximum atomic E-state index is 13.4. The Kier molecular flexibility index (Phi) is 8.24. The zero-order valence-corrected chi connectivity index (χ0v) is 27.4. The van der Waals surface area contributed by atoms with Crippen molar-refractivity contribution in [1.29, 1.82) is 0 Å². The number of halogens is 4. The Hall–Kier alpha value is -2.54. The second-order valence-electron chi connectivity index (χ2n) is 9.13. The highest BCUT2D eigenvalue weighted by Gasteiger charge is 2.42. The molecule has 8 nitrogen and oxygen atoms in total. The van der Waals surface area contributed by atoms with Crippen LogP contribution in [0.1, 0.15) is 39.6 Å². The highest BCUT2D eigenvalue weighted by Crippen LogP contribution is 2.46. The van der Waals surface area contributed by atoms with Gasteiger partial charge in [0.15, 0.2) is 0 Å². The van der Waals surface area contributed by atoms with Crippen molar-refractivity contribution in [3.8, 4) is 11.5 Å². The van der Waals surface area contributed by atoms with Crippen LogP contribution < -0.4 is 19.3 Å². The van der Waals surface area contributed by atoms with Crippen LogP contribution in [0.15, 0.2) is 60.4 Å². The Labute approximate surface area is 263 Å². The predicted octanol–water partition coefficient (Wildman–Crippen LogP) is 7.20. The fourth-order valence-electron chi connectivity index (χ4n) is 4.77. The molecule has 2 heterocycles. The molecule has 0 bridgehead atoms. The highest BCUT2D eigenvalue weighted by molar-refractivity contribution is 9.15. The van der Waals surface area contributed by atoms with E-state index >= 15 is 0 Å². The van der Waals surface area contributed by atoms with E-state index < -0.39 is 23.7 Å². The molecule has 1 fully saturated rings. The lowest BCUT2D eigenvalue weighted by atomic mass is 10.1. The fraction of sp³-hybridized carbons (Fsp3) is 0.214. The normalized spacial score (nSPS) is 16.6. The number of anilines is 2. The molecule has 0 aromatic heterocycles. The number of benzene rings is 3. The Bertz CT molecular complexity index is 1560. The number of hydrogen-bond donors (Lipinski definition) is 0. The van der Waals surface area contributed by atoms with Crippen LogP contribution in [0.3, 0.4) is 0 Å². The number of carbonyl (C=O) groups excluding carboxylic acids is 4. The van der Waals surface area contributed by atoms with Gasteiger partial charge in [-0.05, 0) is 113 Å². The molecule has 0 unspecified atom stereocenters. The van der Waals surface area contributed by atoms with Gasteiger partial charge in [-0.1, -0.05) is 12.1 Å². The Morgan fingerprint density at radius 2 is 1.52 bits per heavy atom. The number of rotatable bonds is 6. The highest BCUT2D eigenvalue weighted by atomic mass is 79.9. The number of ether oxygens (including phenoxy) is 2. The molecule has 12 heteroatoms. The first-order valence-corrected chi connectivity index (χ1v) is 15.3. The van der Waals surface area contributed by atoms with Crippen molar-refractivity contribution in [3.63, 3.8) is 0 Å². The monoisotopic (exact) mass is 796 g/mol. The van der Waals surface area contributed by atoms with Gasteiger partial charge in [-0.15, -0.1) is 0 Å². The van der Waals surface area contributed by atoms with E-state index in [0.29, 0.717) is 47.2 Å². The molecule has 0 N–H and O–H groups in total. The molecule has 1 saturated heterocycles. The predicted molar refractivity (Wildman–Crippen MR) is 163 cm³/mol. The van der Waals surface area contributed by atoms with Gasteiger partial charge in [0, 0.05) is 30.9 Å². The van der Waals surface area contributed by atoms with E-state index in [0.717, 1.165) is 4.90 Å². The van der Waals surface area contributed by atoms with E-state index in [1.807, 2.05) is 19.1 Å². The van der Waals surface area contributed by atoms with Crippen LogP contribution in [0.25, 0.3) is 0 Å². The number of carbonyl (C=O) groups is 4. The standard InChI is InChI=1S/C28H20Br4N2O6/c1-3-39-18-7-5-4-6-17(18)33-12-14(11-19(33)35)28(38)40-15-8-9-16(13(2)10-15)34-26(36)20-21(27(34)37)23(30)25(32)24(31)22(20)29/h4-10,14H,3,11-12H2,1-2H3/t14-/m1/s1. The van der Waals surface area contributed by atoms with Crippen LogP contribution >= 0.6 is 63.7 Å². The smallest absolute Gasteiger partial charge is 0.316 e. The zero-order valence-electron chi connectivity index (χ0n) is 21.1. The van der Waals surface area contributed by atoms with Gasteiger partial charge in [0.2, 0.25) is 5.91 Å². The van der Waals surface area contributed by atoms with Gasteiger partial charge in [-0.2, -0.15) is 0 Å². The molecular weight excluding hydrogens is 780 g/mol. The van der Waals surface area contributed by atoms with Gasteiger partial charge in [-0.25, -0.2) is 4.90 Å². The summed E-state index contributed by atoms with van der Waals surface area (Å²) in [6, 6.07) is 11.9. The molecule has 0 radical (unpaired) electrons. The lowest BCUT2D eigenvalue weighted by Crippen LogP contribution is -2.30. The van der Waals surface area contributed by atoms with E-state index in [9.17, 15) is 19.2 Å². The maximum absolute atomic E-state index is 13.4. The topological polar surface area (TPSA) is 93.2 Å². The number of imide groups is 1. The summed E-state index contributed by atoms with van der Waals surface area (Å²) in [5.41, 5.74) is 2.02. The van der Waals surface area contributed by atoms with E-state index in [-0.39, 0.29) is 35.7 Å². The third kappa shape index (κ3) is 4.93. The summed E-state index contributed by atoms with van der Waals surface area (Å²) in [5.74, 6) is -1.54. The SMILES string of the molecule is CCOc1ccccc1N1C[C@H](C(=O)Oc2ccc(N3C(=O)c4c(Br)c(Br)c(Br)c(Br)c4C3=O)c(C)c2)CC1=O. The molecule has 3 aromatic rings. The molecule has 2 aliphatic rings. The minimum absolute atomic E-state index is 0.0142. The molecule has 1 atom stereocenters. The average molecular weight is 800 g/mol. The second-order valence-corrected chi connectivity index (χ2v) is 12.3. The van der Waals surface area contributed by atoms with Gasteiger partial charge in [-0.3, -0.25) is 19.2 Å². The number of hydrogen-bond acceptors (Lipinski definition) is 6. The molecule has 0 aliphatic carbocycles. The first-order chi connectivity index (χ1) is 19.0. The fourth-order valence-corrected chi connectivity index (χ4v) is 7.22. The van der Waals surface area contributed by atoms with Crippen molar-refractivity contribution >= 4 is 98.8 Å². The van der Waals surface area contributed by atoms with Crippen molar-refractivity contribution in [3.05, 3.63) is 77.0 Å². The maximum Gasteiger partial charge on any atom is 0.316 e. The van der Waals surface area contributed by atoms with Gasteiger partial charge in [0.1, 0.15) is 11.5 Å². The number of nitrogens with zero attached hydrogens (tertiary/aromatic N) is 2. The molecule has 40 heavy (non-hydrogen) atoms. The Morgan fingerprint density at radius 1 is 0.900 bits per heavy atom. The van der Waals surface area contributed by atoms with Crippen molar-refractivity contribution in [2.75, 3.05) is 23.0 Å². The van der Waals surface area contributed by atoms with E-state index in [4.69, 9.17) is 9.47 Å². The third-order valence-electron chi connectivity index (χ3n) is 6.64. The molecular formula is C28H20Br4N2O6. The molecule has 3 aromatic carbocycles. The molecule has 3 amide bonds. The zero-order chi connectivity index (χ0) is 28.9. The molecule has 5 rings (SSSR count). The first-order valence-electron chi connectivity index (χ1n) is 12.1. The quantitative estimate of drug-likeness (QED) is 0.0862. The number of aryl methyl sites for hydroxylation is 1. The summed E-state index contributed by atoms with van der Waals surface area (Å²) in [5, 5.41) is 0. The summed E-state index contributed by atoms with van der Waals surface area (Å²) in [6.45, 7) is 4.20. The van der Waals surface area contributed by atoms with Gasteiger partial charge >= 0.3 is 5.97 Å². The summed E-state index contributed by atoms with van der Waals surface area (Å²) < 4.78 is 13.4. The summed E-state index contributed by atoms with van der Waals surface area (Å²) in [6.07, 6.45) is 0.0142. The third-order valence-corrected chi connectivity index (χ3v) is 11.4. The van der Waals surface area contributed by atoms with Crippen molar-refractivity contribution < 1.29 is 28.7 Å². The van der Waals surface area contributed by atoms with Crippen LogP contribution in [0, 0.1) is 12.8 Å². The van der Waals surface area contributed by atoms with E-state index in [1.54, 1.807) is 36.1 Å². The largest absolute Gasteiger partial charge is 0.492 e. The Balaban J connectivity index is 1.34. The number of amides is 3. The van der Waals surface area contributed by atoms with Crippen LogP contribution in [-0.2, 0) is 9.59 Å².